The maximum atomic E-state index is 13.1. The van der Waals surface area contributed by atoms with Gasteiger partial charge in [0.25, 0.3) is 0 Å². The Morgan fingerprint density at radius 2 is 1.46 bits per heavy atom. The van der Waals surface area contributed by atoms with Crippen LogP contribution in [0.5, 0.6) is 0 Å². The predicted molar refractivity (Wildman–Crippen MR) is 110 cm³/mol. The third-order valence-corrected chi connectivity index (χ3v) is 5.91. The minimum atomic E-state index is -1.16. The first kappa shape index (κ1) is 18.3. The van der Waals surface area contributed by atoms with Crippen molar-refractivity contribution in [3.05, 3.63) is 102 Å². The van der Waals surface area contributed by atoms with Gasteiger partial charge in [-0.3, -0.25) is 9.20 Å². The van der Waals surface area contributed by atoms with Crippen LogP contribution in [0.4, 0.5) is 0 Å². The van der Waals surface area contributed by atoms with Crippen LogP contribution < -0.4 is 0 Å². The largest absolute Gasteiger partial charge is 0.283 e. The molecule has 0 fully saturated rings. The number of aryl methyl sites for hydroxylation is 1. The number of hydrogen-bond acceptors (Lipinski definition) is 2. The maximum Gasteiger partial charge on any atom is 0.0789 e. The third-order valence-electron chi connectivity index (χ3n) is 4.30. The van der Waals surface area contributed by atoms with E-state index in [-0.39, 0.29) is 5.25 Å². The van der Waals surface area contributed by atoms with Crippen molar-refractivity contribution >= 4 is 16.5 Å². The van der Waals surface area contributed by atoms with Gasteiger partial charge in [-0.15, -0.1) is 0 Å². The third kappa shape index (κ3) is 4.55. The Hall–Kier alpha value is -2.52. The van der Waals surface area contributed by atoms with Crippen LogP contribution in [0.3, 0.4) is 0 Å². The molecule has 0 saturated heterocycles. The average molecular weight is 362 g/mol. The van der Waals surface area contributed by atoms with Gasteiger partial charge in [0.2, 0.25) is 0 Å². The molecule has 3 aromatic rings. The molecule has 0 heterocycles. The summed E-state index contributed by atoms with van der Waals surface area (Å²) in [6, 6.07) is 28.1. The zero-order valence-electron chi connectivity index (χ0n) is 15.1. The van der Waals surface area contributed by atoms with Crippen molar-refractivity contribution in [2.24, 2.45) is 4.99 Å². The summed E-state index contributed by atoms with van der Waals surface area (Å²) in [7, 11) is -1.16. The lowest BCUT2D eigenvalue weighted by atomic mass is 10.1. The molecule has 0 amide bonds. The summed E-state index contributed by atoms with van der Waals surface area (Å²) >= 11 is 0. The normalized spacial score (nSPS) is 14.0. The average Bonchev–Trinajstić information content (AvgIpc) is 2.69. The Bertz CT molecular complexity index is 887. The van der Waals surface area contributed by atoms with E-state index in [1.807, 2.05) is 86.6 Å². The van der Waals surface area contributed by atoms with Gasteiger partial charge in [0.05, 0.1) is 28.3 Å². The number of hydrogen-bond donors (Lipinski definition) is 0. The summed E-state index contributed by atoms with van der Waals surface area (Å²) in [6.45, 7) is 4.61. The highest BCUT2D eigenvalue weighted by Gasteiger charge is 2.20. The monoisotopic (exact) mass is 361 g/mol. The van der Waals surface area contributed by atoms with Gasteiger partial charge in [0, 0.05) is 4.90 Å². The summed E-state index contributed by atoms with van der Waals surface area (Å²) < 4.78 is 13.1. The van der Waals surface area contributed by atoms with Gasteiger partial charge in [-0.2, -0.15) is 0 Å². The Balaban J connectivity index is 1.92. The molecule has 2 nitrogen and oxygen atoms in total. The van der Waals surface area contributed by atoms with E-state index in [0.717, 1.165) is 21.7 Å². The Labute approximate surface area is 158 Å². The molecule has 2 unspecified atom stereocenters. The van der Waals surface area contributed by atoms with Crippen LogP contribution >= 0.6 is 0 Å². The van der Waals surface area contributed by atoms with Gasteiger partial charge in [-0.25, -0.2) is 0 Å². The fourth-order valence-corrected chi connectivity index (χ4v) is 4.03. The molecule has 3 rings (SSSR count). The number of benzene rings is 3. The first-order valence-electron chi connectivity index (χ1n) is 8.76. The number of rotatable bonds is 6. The fourth-order valence-electron chi connectivity index (χ4n) is 2.80. The van der Waals surface area contributed by atoms with Gasteiger partial charge in [-0.05, 0) is 37.1 Å². The van der Waals surface area contributed by atoms with Crippen LogP contribution in [-0.2, 0) is 17.3 Å². The van der Waals surface area contributed by atoms with Crippen LogP contribution in [0.2, 0.25) is 0 Å². The first-order valence-corrected chi connectivity index (χ1v) is 9.97. The van der Waals surface area contributed by atoms with Gasteiger partial charge >= 0.3 is 0 Å². The smallest absolute Gasteiger partial charge is 0.0789 e. The van der Waals surface area contributed by atoms with Crippen molar-refractivity contribution in [1.29, 1.82) is 0 Å². The van der Waals surface area contributed by atoms with E-state index < -0.39 is 10.8 Å². The van der Waals surface area contributed by atoms with Crippen molar-refractivity contribution in [2.45, 2.75) is 30.5 Å². The molecule has 0 N–H and O–H groups in total. The molecule has 3 aromatic carbocycles. The summed E-state index contributed by atoms with van der Waals surface area (Å²) in [4.78, 5) is 5.69. The van der Waals surface area contributed by atoms with Crippen LogP contribution in [0.1, 0.15) is 23.6 Å². The van der Waals surface area contributed by atoms with Gasteiger partial charge < -0.3 is 0 Å². The highest BCUT2D eigenvalue weighted by atomic mass is 32.2. The molecule has 0 aliphatic carbocycles. The van der Waals surface area contributed by atoms with Crippen molar-refractivity contribution in [3.8, 4) is 0 Å². The Kier molecular flexibility index (Phi) is 6.13. The summed E-state index contributed by atoms with van der Waals surface area (Å²) in [5.41, 5.74) is 4.22. The molecule has 0 aliphatic heterocycles. The Morgan fingerprint density at radius 3 is 2.08 bits per heavy atom. The summed E-state index contributed by atoms with van der Waals surface area (Å²) in [6.07, 6.45) is 0. The SMILES string of the molecule is Cc1ccc(S(=O)C(C)C(=NCc2ccccc2)c2ccccc2)cc1. The first-order chi connectivity index (χ1) is 12.6. The van der Waals surface area contributed by atoms with Crippen LogP contribution in [-0.4, -0.2) is 15.2 Å². The second-order valence-electron chi connectivity index (χ2n) is 6.31. The maximum absolute atomic E-state index is 13.1. The molecule has 26 heavy (non-hydrogen) atoms. The van der Waals surface area contributed by atoms with E-state index in [1.54, 1.807) is 0 Å². The highest BCUT2D eigenvalue weighted by molar-refractivity contribution is 7.86. The van der Waals surface area contributed by atoms with E-state index in [2.05, 4.69) is 12.1 Å². The zero-order chi connectivity index (χ0) is 18.4. The molecule has 3 heteroatoms. The molecule has 0 aliphatic rings. The van der Waals surface area contributed by atoms with Crippen LogP contribution in [0.25, 0.3) is 0 Å². The highest BCUT2D eigenvalue weighted by Crippen LogP contribution is 2.18. The Morgan fingerprint density at radius 1 is 0.885 bits per heavy atom. The van der Waals surface area contributed by atoms with Crippen LogP contribution in [0.15, 0.2) is 94.8 Å². The fraction of sp³-hybridized carbons (Fsp3) is 0.174. The van der Waals surface area contributed by atoms with Crippen LogP contribution in [0, 0.1) is 6.92 Å². The van der Waals surface area contributed by atoms with E-state index >= 15 is 0 Å². The van der Waals surface area contributed by atoms with E-state index in [1.165, 1.54) is 5.56 Å². The molecular weight excluding hydrogens is 338 g/mol. The summed E-state index contributed by atoms with van der Waals surface area (Å²) in [5, 5.41) is -0.191. The van der Waals surface area contributed by atoms with Gasteiger partial charge in [-0.1, -0.05) is 78.4 Å². The van der Waals surface area contributed by atoms with Crippen molar-refractivity contribution < 1.29 is 4.21 Å². The lowest BCUT2D eigenvalue weighted by Gasteiger charge is -2.16. The second kappa shape index (κ2) is 8.72. The van der Waals surface area contributed by atoms with E-state index in [4.69, 9.17) is 4.99 Å². The molecule has 132 valence electrons. The molecule has 0 bridgehead atoms. The zero-order valence-corrected chi connectivity index (χ0v) is 15.9. The van der Waals surface area contributed by atoms with Crippen molar-refractivity contribution in [2.75, 3.05) is 0 Å². The number of aliphatic imine (C=N–C) groups is 1. The minimum absolute atomic E-state index is 0.191. The van der Waals surface area contributed by atoms with Crippen molar-refractivity contribution in [3.63, 3.8) is 0 Å². The van der Waals surface area contributed by atoms with E-state index in [9.17, 15) is 4.21 Å². The molecule has 0 radical (unpaired) electrons. The minimum Gasteiger partial charge on any atom is -0.283 e. The summed E-state index contributed by atoms with van der Waals surface area (Å²) in [5.74, 6) is 0. The van der Waals surface area contributed by atoms with Gasteiger partial charge in [0.1, 0.15) is 0 Å². The predicted octanol–water partition coefficient (Wildman–Crippen LogP) is 5.18. The lowest BCUT2D eigenvalue weighted by Crippen LogP contribution is -2.24. The number of nitrogens with zero attached hydrogens (tertiary/aromatic N) is 1. The topological polar surface area (TPSA) is 29.4 Å². The molecule has 0 spiro atoms. The molecule has 0 aromatic heterocycles. The standard InChI is InChI=1S/C23H23NOS/c1-18-13-15-22(16-14-18)26(25)19(2)23(21-11-7-4-8-12-21)24-17-20-9-5-3-6-10-20/h3-16,19H,17H2,1-2H3. The quantitative estimate of drug-likeness (QED) is 0.556. The lowest BCUT2D eigenvalue weighted by molar-refractivity contribution is 0.681. The molecular formula is C23H23NOS. The van der Waals surface area contributed by atoms with Gasteiger partial charge in [0.15, 0.2) is 0 Å². The second-order valence-corrected chi connectivity index (χ2v) is 8.08. The van der Waals surface area contributed by atoms with E-state index in [0.29, 0.717) is 6.54 Å². The van der Waals surface area contributed by atoms with Crippen molar-refractivity contribution in [1.82, 2.24) is 0 Å². The molecule has 0 saturated carbocycles. The molecule has 2 atom stereocenters.